The fraction of sp³-hybridized carbons (Fsp3) is 0.500. The Hall–Kier alpha value is -0.820. The standard InChI is InChI=1S/C14H23N3O.HI/c1-14(2,18-3)11-17-13(15)16-10-9-12-7-5-4-6-8-12;/h4-8H,9-11H2,1-3H3,(H3,15,16,17);1H. The van der Waals surface area contributed by atoms with Crippen LogP contribution in [0.15, 0.2) is 35.3 Å². The number of nitrogens with one attached hydrogen (secondary N) is 1. The van der Waals surface area contributed by atoms with Crippen molar-refractivity contribution in [3.8, 4) is 0 Å². The predicted octanol–water partition coefficient (Wildman–Crippen LogP) is 2.18. The molecule has 0 heterocycles. The van der Waals surface area contributed by atoms with Gasteiger partial charge in [-0.3, -0.25) is 4.99 Å². The topological polar surface area (TPSA) is 59.6 Å². The first-order chi connectivity index (χ1) is 8.53. The number of methoxy groups -OCH3 is 1. The van der Waals surface area contributed by atoms with Crippen molar-refractivity contribution in [2.24, 2.45) is 10.7 Å². The van der Waals surface area contributed by atoms with Gasteiger partial charge in [-0.2, -0.15) is 0 Å². The number of halogens is 1. The molecule has 0 aromatic heterocycles. The first kappa shape index (κ1) is 18.2. The molecule has 3 N–H and O–H groups in total. The third-order valence-corrected chi connectivity index (χ3v) is 2.75. The SMILES string of the molecule is COC(C)(C)CN=C(N)NCCc1ccccc1.I. The van der Waals surface area contributed by atoms with Gasteiger partial charge in [0.2, 0.25) is 0 Å². The lowest BCUT2D eigenvalue weighted by molar-refractivity contribution is 0.0311. The molecular weight excluding hydrogens is 353 g/mol. The third-order valence-electron chi connectivity index (χ3n) is 2.75. The minimum atomic E-state index is -0.272. The van der Waals surface area contributed by atoms with Crippen molar-refractivity contribution in [1.82, 2.24) is 5.32 Å². The zero-order valence-corrected chi connectivity index (χ0v) is 14.2. The summed E-state index contributed by atoms with van der Waals surface area (Å²) >= 11 is 0. The van der Waals surface area contributed by atoms with E-state index in [1.54, 1.807) is 7.11 Å². The minimum Gasteiger partial charge on any atom is -0.377 e. The maximum Gasteiger partial charge on any atom is 0.188 e. The number of guanidine groups is 1. The third kappa shape index (κ3) is 8.05. The predicted molar refractivity (Wildman–Crippen MR) is 91.1 cm³/mol. The van der Waals surface area contributed by atoms with Crippen molar-refractivity contribution < 1.29 is 4.74 Å². The first-order valence-electron chi connectivity index (χ1n) is 6.16. The summed E-state index contributed by atoms with van der Waals surface area (Å²) in [5, 5.41) is 3.10. The van der Waals surface area contributed by atoms with E-state index in [0.29, 0.717) is 12.5 Å². The Bertz CT molecular complexity index is 380. The molecule has 0 radical (unpaired) electrons. The maximum atomic E-state index is 5.78. The molecule has 0 aliphatic heterocycles. The highest BCUT2D eigenvalue weighted by atomic mass is 127. The molecule has 0 saturated carbocycles. The van der Waals surface area contributed by atoms with E-state index in [0.717, 1.165) is 13.0 Å². The van der Waals surface area contributed by atoms with Gasteiger partial charge in [-0.25, -0.2) is 0 Å². The average Bonchev–Trinajstić information content (AvgIpc) is 2.38. The van der Waals surface area contributed by atoms with Crippen molar-refractivity contribution in [3.05, 3.63) is 35.9 Å². The van der Waals surface area contributed by atoms with E-state index < -0.39 is 0 Å². The van der Waals surface area contributed by atoms with Gasteiger partial charge in [0.15, 0.2) is 5.96 Å². The van der Waals surface area contributed by atoms with E-state index in [1.807, 2.05) is 32.0 Å². The maximum absolute atomic E-state index is 5.78. The van der Waals surface area contributed by atoms with Crippen LogP contribution in [0.3, 0.4) is 0 Å². The Balaban J connectivity index is 0.00000324. The lowest BCUT2D eigenvalue weighted by atomic mass is 10.1. The molecule has 19 heavy (non-hydrogen) atoms. The van der Waals surface area contributed by atoms with Gasteiger partial charge in [-0.05, 0) is 25.8 Å². The molecule has 0 aliphatic rings. The molecule has 0 spiro atoms. The molecule has 0 atom stereocenters. The van der Waals surface area contributed by atoms with Crippen molar-refractivity contribution in [1.29, 1.82) is 0 Å². The van der Waals surface area contributed by atoms with Crippen LogP contribution in [-0.2, 0) is 11.2 Å². The van der Waals surface area contributed by atoms with Crippen LogP contribution in [0.4, 0.5) is 0 Å². The Morgan fingerprint density at radius 1 is 1.32 bits per heavy atom. The van der Waals surface area contributed by atoms with Crippen LogP contribution in [0.2, 0.25) is 0 Å². The molecule has 5 heteroatoms. The number of benzene rings is 1. The summed E-state index contributed by atoms with van der Waals surface area (Å²) in [4.78, 5) is 4.26. The van der Waals surface area contributed by atoms with Crippen molar-refractivity contribution >= 4 is 29.9 Å². The number of rotatable bonds is 6. The molecule has 0 amide bonds. The Morgan fingerprint density at radius 2 is 1.95 bits per heavy atom. The lowest BCUT2D eigenvalue weighted by Gasteiger charge is -2.20. The summed E-state index contributed by atoms with van der Waals surface area (Å²) in [7, 11) is 1.68. The second kappa shape index (κ2) is 9.14. The van der Waals surface area contributed by atoms with Crippen LogP contribution >= 0.6 is 24.0 Å². The van der Waals surface area contributed by atoms with Crippen LogP contribution in [0.5, 0.6) is 0 Å². The van der Waals surface area contributed by atoms with E-state index in [2.05, 4.69) is 22.4 Å². The van der Waals surface area contributed by atoms with Crippen LogP contribution in [0, 0.1) is 0 Å². The smallest absolute Gasteiger partial charge is 0.188 e. The number of aliphatic imine (C=N–C) groups is 1. The van der Waals surface area contributed by atoms with E-state index >= 15 is 0 Å². The van der Waals surface area contributed by atoms with Gasteiger partial charge in [0.05, 0.1) is 12.1 Å². The quantitative estimate of drug-likeness (QED) is 0.454. The van der Waals surface area contributed by atoms with E-state index in [1.165, 1.54) is 5.56 Å². The second-order valence-electron chi connectivity index (χ2n) is 4.83. The summed E-state index contributed by atoms with van der Waals surface area (Å²) in [6.45, 7) is 5.29. The van der Waals surface area contributed by atoms with Crippen molar-refractivity contribution in [3.63, 3.8) is 0 Å². The highest BCUT2D eigenvalue weighted by Crippen LogP contribution is 2.06. The van der Waals surface area contributed by atoms with Crippen LogP contribution in [-0.4, -0.2) is 31.8 Å². The molecular formula is C14H24IN3O. The monoisotopic (exact) mass is 377 g/mol. The number of nitrogens with two attached hydrogens (primary N) is 1. The number of hydrogen-bond donors (Lipinski definition) is 2. The van der Waals surface area contributed by atoms with Gasteiger partial charge in [0.25, 0.3) is 0 Å². The summed E-state index contributed by atoms with van der Waals surface area (Å²) in [5.74, 6) is 0.469. The Labute approximate surface area is 132 Å². The molecule has 4 nitrogen and oxygen atoms in total. The van der Waals surface area contributed by atoms with Crippen molar-refractivity contribution in [2.75, 3.05) is 20.2 Å². The summed E-state index contributed by atoms with van der Waals surface area (Å²) < 4.78 is 5.27. The van der Waals surface area contributed by atoms with E-state index in [-0.39, 0.29) is 29.6 Å². The van der Waals surface area contributed by atoms with Gasteiger partial charge in [0.1, 0.15) is 0 Å². The second-order valence-corrected chi connectivity index (χ2v) is 4.83. The molecule has 1 aromatic rings. The number of nitrogens with zero attached hydrogens (tertiary/aromatic N) is 1. The minimum absolute atomic E-state index is 0. The number of hydrogen-bond acceptors (Lipinski definition) is 2. The Morgan fingerprint density at radius 3 is 2.53 bits per heavy atom. The van der Waals surface area contributed by atoms with Crippen molar-refractivity contribution in [2.45, 2.75) is 25.9 Å². The largest absolute Gasteiger partial charge is 0.377 e. The molecule has 0 unspecified atom stereocenters. The fourth-order valence-electron chi connectivity index (χ4n) is 1.38. The fourth-order valence-corrected chi connectivity index (χ4v) is 1.38. The lowest BCUT2D eigenvalue weighted by Crippen LogP contribution is -2.36. The zero-order chi connectivity index (χ0) is 13.4. The molecule has 0 saturated heterocycles. The number of ether oxygens (including phenoxy) is 1. The molecule has 1 rings (SSSR count). The molecule has 108 valence electrons. The summed E-state index contributed by atoms with van der Waals surface area (Å²) in [5.41, 5.74) is 6.80. The molecule has 1 aromatic carbocycles. The first-order valence-corrected chi connectivity index (χ1v) is 6.16. The Kier molecular flexibility index (Phi) is 8.75. The molecule has 0 bridgehead atoms. The average molecular weight is 377 g/mol. The van der Waals surface area contributed by atoms with Gasteiger partial charge in [0, 0.05) is 13.7 Å². The normalized spacial score (nSPS) is 11.8. The van der Waals surface area contributed by atoms with Crippen LogP contribution in [0.25, 0.3) is 0 Å². The van der Waals surface area contributed by atoms with Gasteiger partial charge >= 0.3 is 0 Å². The van der Waals surface area contributed by atoms with Gasteiger partial charge in [-0.1, -0.05) is 30.3 Å². The summed E-state index contributed by atoms with van der Waals surface area (Å²) in [6.07, 6.45) is 0.935. The van der Waals surface area contributed by atoms with Gasteiger partial charge < -0.3 is 15.8 Å². The highest BCUT2D eigenvalue weighted by molar-refractivity contribution is 14.0. The highest BCUT2D eigenvalue weighted by Gasteiger charge is 2.15. The molecule has 0 fully saturated rings. The van der Waals surface area contributed by atoms with E-state index in [9.17, 15) is 0 Å². The van der Waals surface area contributed by atoms with Gasteiger partial charge in [-0.15, -0.1) is 24.0 Å². The van der Waals surface area contributed by atoms with Crippen LogP contribution < -0.4 is 11.1 Å². The van der Waals surface area contributed by atoms with E-state index in [4.69, 9.17) is 10.5 Å². The zero-order valence-electron chi connectivity index (χ0n) is 11.8. The van der Waals surface area contributed by atoms with Crippen LogP contribution in [0.1, 0.15) is 19.4 Å². The summed E-state index contributed by atoms with van der Waals surface area (Å²) in [6, 6.07) is 10.3. The molecule has 0 aliphatic carbocycles.